The van der Waals surface area contributed by atoms with Crippen LogP contribution in [0.4, 0.5) is 4.39 Å². The Hall–Kier alpha value is -0.640. The van der Waals surface area contributed by atoms with Gasteiger partial charge in [0.2, 0.25) is 0 Å². The lowest BCUT2D eigenvalue weighted by Gasteiger charge is -2.23. The smallest absolute Gasteiger partial charge is 0.322 e. The van der Waals surface area contributed by atoms with E-state index in [0.29, 0.717) is 12.8 Å². The molecule has 0 radical (unpaired) electrons. The monoisotopic (exact) mass is 161 g/mol. The van der Waals surface area contributed by atoms with E-state index in [9.17, 15) is 9.18 Å². The number of hydrogen-bond donors (Lipinski definition) is 1. The molecule has 0 bridgehead atoms. The van der Waals surface area contributed by atoms with Gasteiger partial charge in [-0.05, 0) is 12.8 Å². The first kappa shape index (κ1) is 8.46. The summed E-state index contributed by atoms with van der Waals surface area (Å²) in [4.78, 5) is 10.9. The van der Waals surface area contributed by atoms with Crippen molar-refractivity contribution in [2.45, 2.75) is 25.1 Å². The summed E-state index contributed by atoms with van der Waals surface area (Å²) in [7, 11) is 1.34. The summed E-state index contributed by atoms with van der Waals surface area (Å²) in [5.74, 6) is -0.295. The minimum atomic E-state index is -0.809. The number of carbonyl (C=O) groups is 1. The first-order valence-corrected chi connectivity index (χ1v) is 3.69. The maximum Gasteiger partial charge on any atom is 0.322 e. The van der Waals surface area contributed by atoms with Crippen molar-refractivity contribution in [2.75, 3.05) is 13.7 Å². The molecule has 1 aliphatic rings. The highest BCUT2D eigenvalue weighted by molar-refractivity contribution is 5.75. The molecule has 2 unspecified atom stereocenters. The van der Waals surface area contributed by atoms with Crippen LogP contribution in [0.25, 0.3) is 0 Å². The van der Waals surface area contributed by atoms with Crippen molar-refractivity contribution in [3.05, 3.63) is 0 Å². The van der Waals surface area contributed by atoms with E-state index in [1.807, 2.05) is 0 Å². The number of piperidine rings is 1. The van der Waals surface area contributed by atoms with Crippen molar-refractivity contribution in [1.29, 1.82) is 0 Å². The van der Waals surface area contributed by atoms with E-state index in [1.165, 1.54) is 7.11 Å². The zero-order valence-corrected chi connectivity index (χ0v) is 6.47. The summed E-state index contributed by atoms with van der Waals surface area (Å²) >= 11 is 0. The molecule has 0 aromatic carbocycles. The van der Waals surface area contributed by atoms with Gasteiger partial charge in [-0.15, -0.1) is 0 Å². The molecule has 1 rings (SSSR count). The van der Waals surface area contributed by atoms with Crippen LogP contribution in [0.3, 0.4) is 0 Å². The van der Waals surface area contributed by atoms with Crippen LogP contribution in [-0.4, -0.2) is 31.8 Å². The summed E-state index contributed by atoms with van der Waals surface area (Å²) in [6, 6.07) is -0.299. The Morgan fingerprint density at radius 1 is 1.64 bits per heavy atom. The van der Waals surface area contributed by atoms with Gasteiger partial charge in [0.05, 0.1) is 7.11 Å². The molecule has 0 aromatic rings. The normalized spacial score (nSPS) is 31.5. The number of ether oxygens (including phenoxy) is 1. The summed E-state index contributed by atoms with van der Waals surface area (Å²) in [5, 5.41) is 2.77. The Balaban J connectivity index is 2.33. The second kappa shape index (κ2) is 3.67. The number of halogens is 1. The predicted octanol–water partition coefficient (Wildman–Crippen LogP) is 0.249. The second-order valence-corrected chi connectivity index (χ2v) is 2.66. The second-order valence-electron chi connectivity index (χ2n) is 2.66. The SMILES string of the molecule is COC(=O)C1CCC(F)CN1. The van der Waals surface area contributed by atoms with Crippen molar-refractivity contribution in [3.63, 3.8) is 0 Å². The third kappa shape index (κ3) is 2.15. The fourth-order valence-electron chi connectivity index (χ4n) is 1.17. The van der Waals surface area contributed by atoms with Crippen LogP contribution >= 0.6 is 0 Å². The third-order valence-corrected chi connectivity index (χ3v) is 1.84. The maximum atomic E-state index is 12.5. The Morgan fingerprint density at radius 3 is 2.82 bits per heavy atom. The van der Waals surface area contributed by atoms with Gasteiger partial charge < -0.3 is 10.1 Å². The minimum Gasteiger partial charge on any atom is -0.468 e. The minimum absolute atomic E-state index is 0.264. The molecule has 3 nitrogen and oxygen atoms in total. The Morgan fingerprint density at radius 2 is 2.36 bits per heavy atom. The van der Waals surface area contributed by atoms with Gasteiger partial charge in [-0.3, -0.25) is 4.79 Å². The summed E-state index contributed by atoms with van der Waals surface area (Å²) in [6.07, 6.45) is 0.177. The number of hydrogen-bond acceptors (Lipinski definition) is 3. The van der Waals surface area contributed by atoms with Gasteiger partial charge in [0.15, 0.2) is 0 Å². The van der Waals surface area contributed by atoms with Crippen LogP contribution in [0.1, 0.15) is 12.8 Å². The summed E-state index contributed by atoms with van der Waals surface area (Å²) < 4.78 is 17.0. The first-order chi connectivity index (χ1) is 5.24. The Bertz CT molecular complexity index is 143. The van der Waals surface area contributed by atoms with Crippen LogP contribution in [0.15, 0.2) is 0 Å². The molecule has 0 saturated carbocycles. The number of carbonyl (C=O) groups excluding carboxylic acids is 1. The topological polar surface area (TPSA) is 38.3 Å². The molecule has 1 fully saturated rings. The highest BCUT2D eigenvalue weighted by atomic mass is 19.1. The highest BCUT2D eigenvalue weighted by Gasteiger charge is 2.25. The number of esters is 1. The van der Waals surface area contributed by atoms with Gasteiger partial charge in [0.1, 0.15) is 12.2 Å². The lowest BCUT2D eigenvalue weighted by molar-refractivity contribution is -0.144. The van der Waals surface area contributed by atoms with Crippen molar-refractivity contribution >= 4 is 5.97 Å². The van der Waals surface area contributed by atoms with Crippen LogP contribution in [0.5, 0.6) is 0 Å². The molecular weight excluding hydrogens is 149 g/mol. The molecule has 1 heterocycles. The van der Waals surface area contributed by atoms with E-state index >= 15 is 0 Å². The predicted molar refractivity (Wildman–Crippen MR) is 37.9 cm³/mol. The average Bonchev–Trinajstić information content (AvgIpc) is 2.05. The number of methoxy groups -OCH3 is 1. The van der Waals surface area contributed by atoms with Gasteiger partial charge in [0.25, 0.3) is 0 Å². The van der Waals surface area contributed by atoms with Crippen LogP contribution in [0.2, 0.25) is 0 Å². The highest BCUT2D eigenvalue weighted by Crippen LogP contribution is 2.11. The number of nitrogens with one attached hydrogen (secondary N) is 1. The van der Waals surface area contributed by atoms with Gasteiger partial charge >= 0.3 is 5.97 Å². The van der Waals surface area contributed by atoms with E-state index in [-0.39, 0.29) is 18.6 Å². The molecule has 0 spiro atoms. The standard InChI is InChI=1S/C7H12FNO2/c1-11-7(10)6-3-2-5(8)4-9-6/h5-6,9H,2-4H2,1H3. The molecule has 0 amide bonds. The van der Waals surface area contributed by atoms with Crippen LogP contribution in [0, 0.1) is 0 Å². The zero-order chi connectivity index (χ0) is 8.27. The summed E-state index contributed by atoms with van der Waals surface area (Å²) in [5.41, 5.74) is 0. The number of alkyl halides is 1. The van der Waals surface area contributed by atoms with Gasteiger partial charge in [-0.1, -0.05) is 0 Å². The fraction of sp³-hybridized carbons (Fsp3) is 0.857. The molecular formula is C7H12FNO2. The molecule has 1 aliphatic heterocycles. The summed E-state index contributed by atoms with van der Waals surface area (Å²) in [6.45, 7) is 0.264. The van der Waals surface area contributed by atoms with Crippen molar-refractivity contribution < 1.29 is 13.9 Å². The molecule has 11 heavy (non-hydrogen) atoms. The van der Waals surface area contributed by atoms with Gasteiger partial charge in [-0.2, -0.15) is 0 Å². The lowest BCUT2D eigenvalue weighted by atomic mass is 10.0. The quantitative estimate of drug-likeness (QED) is 0.560. The Labute approximate surface area is 64.9 Å². The molecule has 1 N–H and O–H groups in total. The van der Waals surface area contributed by atoms with Crippen LogP contribution < -0.4 is 5.32 Å². The Kier molecular flexibility index (Phi) is 2.82. The average molecular weight is 161 g/mol. The molecule has 1 saturated heterocycles. The first-order valence-electron chi connectivity index (χ1n) is 3.69. The van der Waals surface area contributed by atoms with Crippen molar-refractivity contribution in [1.82, 2.24) is 5.32 Å². The third-order valence-electron chi connectivity index (χ3n) is 1.84. The van der Waals surface area contributed by atoms with E-state index in [0.717, 1.165) is 0 Å². The molecule has 0 aromatic heterocycles. The van der Waals surface area contributed by atoms with E-state index in [4.69, 9.17) is 0 Å². The van der Waals surface area contributed by atoms with E-state index in [2.05, 4.69) is 10.1 Å². The lowest BCUT2D eigenvalue weighted by Crippen LogP contribution is -2.45. The van der Waals surface area contributed by atoms with E-state index < -0.39 is 6.17 Å². The fourth-order valence-corrected chi connectivity index (χ4v) is 1.17. The molecule has 64 valence electrons. The maximum absolute atomic E-state index is 12.5. The number of rotatable bonds is 1. The van der Waals surface area contributed by atoms with Crippen LogP contribution in [-0.2, 0) is 9.53 Å². The molecule has 4 heteroatoms. The van der Waals surface area contributed by atoms with Crippen molar-refractivity contribution in [2.24, 2.45) is 0 Å². The van der Waals surface area contributed by atoms with Gasteiger partial charge in [0, 0.05) is 6.54 Å². The van der Waals surface area contributed by atoms with Crippen molar-refractivity contribution in [3.8, 4) is 0 Å². The van der Waals surface area contributed by atoms with Gasteiger partial charge in [-0.25, -0.2) is 4.39 Å². The largest absolute Gasteiger partial charge is 0.468 e. The van der Waals surface area contributed by atoms with E-state index in [1.54, 1.807) is 0 Å². The zero-order valence-electron chi connectivity index (χ0n) is 6.47. The molecule has 2 atom stereocenters. The molecule has 0 aliphatic carbocycles.